The Kier molecular flexibility index (Phi) is 6.27. The highest BCUT2D eigenvalue weighted by Gasteiger charge is 2.32. The first-order valence-corrected chi connectivity index (χ1v) is 12.3. The van der Waals surface area contributed by atoms with Gasteiger partial charge in [0.25, 0.3) is 0 Å². The molecule has 0 spiro atoms. The molecule has 0 unspecified atom stereocenters. The Hall–Kier alpha value is -4.05. The first-order chi connectivity index (χ1) is 17.4. The van der Waals surface area contributed by atoms with Crippen LogP contribution in [0.3, 0.4) is 0 Å². The molecule has 4 heterocycles. The topological polar surface area (TPSA) is 104 Å². The minimum absolute atomic E-state index is 0.0786. The number of benzene rings is 1. The molecular formula is C26H26N6O3S. The molecule has 1 N–H and O–H groups in total. The fraction of sp³-hybridized carbons (Fsp3) is 0.269. The number of aromatic nitrogens is 4. The number of fused-ring (bicyclic) bond motifs is 3. The van der Waals surface area contributed by atoms with E-state index in [1.165, 1.54) is 12.0 Å². The summed E-state index contributed by atoms with van der Waals surface area (Å²) in [5, 5.41) is 13.1. The van der Waals surface area contributed by atoms with Gasteiger partial charge in [0.15, 0.2) is 5.82 Å². The smallest absolute Gasteiger partial charge is 0.308 e. The van der Waals surface area contributed by atoms with Crippen LogP contribution in [0.1, 0.15) is 45.7 Å². The molecule has 3 aromatic heterocycles. The molecule has 0 saturated carbocycles. The average molecular weight is 503 g/mol. The summed E-state index contributed by atoms with van der Waals surface area (Å²) < 4.78 is 12.1. The number of methoxy groups -OCH3 is 2. The molecule has 36 heavy (non-hydrogen) atoms. The van der Waals surface area contributed by atoms with E-state index in [9.17, 15) is 4.79 Å². The van der Waals surface area contributed by atoms with Gasteiger partial charge < -0.3 is 14.8 Å². The number of anilines is 2. The van der Waals surface area contributed by atoms with Gasteiger partial charge in [-0.2, -0.15) is 0 Å². The zero-order valence-electron chi connectivity index (χ0n) is 20.7. The first kappa shape index (κ1) is 23.7. The monoisotopic (exact) mass is 502 g/mol. The lowest BCUT2D eigenvalue weighted by molar-refractivity contribution is -0.141. The second-order valence-electron chi connectivity index (χ2n) is 8.47. The van der Waals surface area contributed by atoms with E-state index in [0.717, 1.165) is 44.6 Å². The van der Waals surface area contributed by atoms with Crippen LogP contribution in [-0.4, -0.2) is 45.6 Å². The molecule has 184 valence electrons. The Bertz CT molecular complexity index is 1450. The summed E-state index contributed by atoms with van der Waals surface area (Å²) >= 11 is 1.68. The van der Waals surface area contributed by atoms with Crippen LogP contribution < -0.4 is 10.1 Å². The van der Waals surface area contributed by atoms with Crippen molar-refractivity contribution in [3.05, 3.63) is 75.8 Å². The Labute approximate surface area is 212 Å². The number of pyridine rings is 1. The predicted molar refractivity (Wildman–Crippen MR) is 139 cm³/mol. The fourth-order valence-electron chi connectivity index (χ4n) is 4.22. The number of carbonyl (C=O) groups is 1. The van der Waals surface area contributed by atoms with E-state index in [2.05, 4.69) is 34.3 Å². The van der Waals surface area contributed by atoms with Crippen LogP contribution in [0, 0.1) is 20.8 Å². The van der Waals surface area contributed by atoms with Crippen molar-refractivity contribution in [3.8, 4) is 10.9 Å². The molecule has 0 amide bonds. The lowest BCUT2D eigenvalue weighted by atomic mass is 9.99. The minimum atomic E-state index is -0.517. The number of aryl methyl sites for hydroxylation is 2. The maximum Gasteiger partial charge on any atom is 0.308 e. The number of nitrogens with zero attached hydrogens (tertiary/aromatic N) is 5. The zero-order chi connectivity index (χ0) is 25.4. The molecule has 1 atom stereocenters. The van der Waals surface area contributed by atoms with Gasteiger partial charge in [-0.25, -0.2) is 4.98 Å². The van der Waals surface area contributed by atoms with E-state index in [0.29, 0.717) is 11.7 Å². The summed E-state index contributed by atoms with van der Waals surface area (Å²) in [4.78, 5) is 22.8. The second-order valence-corrected chi connectivity index (χ2v) is 9.67. The van der Waals surface area contributed by atoms with E-state index in [4.69, 9.17) is 14.5 Å². The van der Waals surface area contributed by atoms with Crippen LogP contribution in [-0.2, 0) is 9.53 Å². The van der Waals surface area contributed by atoms with Gasteiger partial charge in [-0.1, -0.05) is 12.1 Å². The predicted octanol–water partition coefficient (Wildman–Crippen LogP) is 4.86. The van der Waals surface area contributed by atoms with Crippen molar-refractivity contribution in [3.63, 3.8) is 0 Å². The van der Waals surface area contributed by atoms with Gasteiger partial charge in [0.05, 0.1) is 38.2 Å². The number of nitrogens with one attached hydrogen (secondary N) is 1. The van der Waals surface area contributed by atoms with Gasteiger partial charge in [0.1, 0.15) is 16.9 Å². The van der Waals surface area contributed by atoms with Crippen LogP contribution in [0.4, 0.5) is 11.4 Å². The molecule has 5 rings (SSSR count). The number of rotatable bonds is 6. The zero-order valence-corrected chi connectivity index (χ0v) is 21.5. The highest BCUT2D eigenvalue weighted by Crippen LogP contribution is 2.39. The van der Waals surface area contributed by atoms with E-state index in [-0.39, 0.29) is 12.4 Å². The summed E-state index contributed by atoms with van der Waals surface area (Å²) in [6, 6.07) is 11.3. The van der Waals surface area contributed by atoms with Gasteiger partial charge in [0.2, 0.25) is 5.88 Å². The van der Waals surface area contributed by atoms with Crippen molar-refractivity contribution in [2.24, 2.45) is 4.99 Å². The molecule has 9 nitrogen and oxygen atoms in total. The second kappa shape index (κ2) is 9.54. The molecule has 10 heteroatoms. The number of carbonyl (C=O) groups excluding carboxylic acids is 1. The van der Waals surface area contributed by atoms with Crippen LogP contribution in [0.25, 0.3) is 5.00 Å². The summed E-state index contributed by atoms with van der Waals surface area (Å²) in [7, 11) is 2.97. The Morgan fingerprint density at radius 3 is 2.47 bits per heavy atom. The van der Waals surface area contributed by atoms with E-state index in [1.54, 1.807) is 24.6 Å². The van der Waals surface area contributed by atoms with Crippen molar-refractivity contribution in [1.82, 2.24) is 19.7 Å². The highest BCUT2D eigenvalue weighted by atomic mass is 32.1. The quantitative estimate of drug-likeness (QED) is 0.376. The number of aliphatic imine (C=N–C) groups is 1. The van der Waals surface area contributed by atoms with E-state index < -0.39 is 6.04 Å². The third-order valence-corrected chi connectivity index (χ3v) is 7.41. The van der Waals surface area contributed by atoms with Crippen LogP contribution in [0.15, 0.2) is 47.6 Å². The average Bonchev–Trinajstić information content (AvgIpc) is 3.37. The maximum absolute atomic E-state index is 12.3. The number of thiophene rings is 1. The molecule has 0 saturated heterocycles. The lowest BCUT2D eigenvalue weighted by Crippen LogP contribution is -2.12. The fourth-order valence-corrected chi connectivity index (χ4v) is 5.43. The van der Waals surface area contributed by atoms with E-state index in [1.807, 2.05) is 47.9 Å². The van der Waals surface area contributed by atoms with Crippen molar-refractivity contribution < 1.29 is 14.3 Å². The van der Waals surface area contributed by atoms with Gasteiger partial charge in [-0.15, -0.1) is 21.5 Å². The molecule has 0 fully saturated rings. The molecule has 1 aromatic carbocycles. The molecule has 4 aromatic rings. The highest BCUT2D eigenvalue weighted by molar-refractivity contribution is 7.15. The first-order valence-electron chi connectivity index (χ1n) is 11.4. The third kappa shape index (κ3) is 4.24. The third-order valence-electron chi connectivity index (χ3n) is 6.22. The molecular weight excluding hydrogens is 476 g/mol. The Balaban J connectivity index is 1.57. The van der Waals surface area contributed by atoms with Crippen LogP contribution >= 0.6 is 11.3 Å². The summed E-state index contributed by atoms with van der Waals surface area (Å²) in [5.74, 6) is 1.61. The van der Waals surface area contributed by atoms with Crippen molar-refractivity contribution >= 4 is 34.4 Å². The Morgan fingerprint density at radius 2 is 1.81 bits per heavy atom. The van der Waals surface area contributed by atoms with Crippen LogP contribution in [0.2, 0.25) is 0 Å². The minimum Gasteiger partial charge on any atom is -0.481 e. The number of hydrogen-bond donors (Lipinski definition) is 1. The number of esters is 1. The molecule has 0 aliphatic carbocycles. The number of ether oxygens (including phenoxy) is 2. The molecule has 1 aliphatic rings. The van der Waals surface area contributed by atoms with E-state index >= 15 is 0 Å². The van der Waals surface area contributed by atoms with Gasteiger partial charge in [-0.3, -0.25) is 14.4 Å². The standard InChI is InChI=1S/C26H26N6O3S/c1-14-15(2)36-26-23(14)24(29-20(12-22(33)35-5)25-31-30-16(3)32(25)26)17-6-8-18(9-7-17)28-19-10-11-21(34-4)27-13-19/h6-11,13,20,28H,12H2,1-5H3/t20-/m0/s1. The summed E-state index contributed by atoms with van der Waals surface area (Å²) in [6.45, 7) is 6.12. The summed E-state index contributed by atoms with van der Waals surface area (Å²) in [5.41, 5.74) is 5.73. The van der Waals surface area contributed by atoms with Crippen molar-refractivity contribution in [2.45, 2.75) is 33.2 Å². The van der Waals surface area contributed by atoms with Gasteiger partial charge >= 0.3 is 5.97 Å². The molecule has 0 radical (unpaired) electrons. The normalized spacial score (nSPS) is 14.4. The van der Waals surface area contributed by atoms with Crippen molar-refractivity contribution in [1.29, 1.82) is 0 Å². The van der Waals surface area contributed by atoms with Gasteiger partial charge in [-0.05, 0) is 44.5 Å². The molecule has 1 aliphatic heterocycles. The SMILES string of the molecule is COC(=O)C[C@@H]1N=C(c2ccc(Nc3ccc(OC)nc3)cc2)c2c(sc(C)c2C)-n2c(C)nnc21. The maximum atomic E-state index is 12.3. The molecule has 0 bridgehead atoms. The summed E-state index contributed by atoms with van der Waals surface area (Å²) in [6.07, 6.45) is 1.80. The largest absolute Gasteiger partial charge is 0.481 e. The van der Waals surface area contributed by atoms with Crippen LogP contribution in [0.5, 0.6) is 5.88 Å². The van der Waals surface area contributed by atoms with Crippen molar-refractivity contribution in [2.75, 3.05) is 19.5 Å². The van der Waals surface area contributed by atoms with Gasteiger partial charge in [0, 0.05) is 27.8 Å². The lowest BCUT2D eigenvalue weighted by Gasteiger charge is -2.12. The number of hydrogen-bond acceptors (Lipinski definition) is 9. The Morgan fingerprint density at radius 1 is 1.06 bits per heavy atom.